The number of benzene rings is 1. The number of rotatable bonds is 4. The Balaban J connectivity index is 2.63. The van der Waals surface area contributed by atoms with Crippen molar-refractivity contribution in [1.82, 2.24) is 0 Å². The van der Waals surface area contributed by atoms with Crippen LogP contribution in [0.15, 0.2) is 41.8 Å². The fraction of sp³-hybridized carbons (Fsp3) is 0.133. The second kappa shape index (κ2) is 5.71. The van der Waals surface area contributed by atoms with Crippen LogP contribution in [0, 0.1) is 6.92 Å². The normalized spacial score (nSPS) is 11.4. The van der Waals surface area contributed by atoms with Gasteiger partial charge in [-0.05, 0) is 30.5 Å². The van der Waals surface area contributed by atoms with Crippen LogP contribution in [0.5, 0.6) is 5.75 Å². The minimum Gasteiger partial charge on any atom is -0.496 e. The van der Waals surface area contributed by atoms with E-state index in [0.29, 0.717) is 11.3 Å². The van der Waals surface area contributed by atoms with Gasteiger partial charge in [-0.3, -0.25) is 0 Å². The van der Waals surface area contributed by atoms with E-state index in [4.69, 9.17) is 9.84 Å². The van der Waals surface area contributed by atoms with E-state index in [9.17, 15) is 4.79 Å². The van der Waals surface area contributed by atoms with Gasteiger partial charge in [0.05, 0.1) is 7.11 Å². The van der Waals surface area contributed by atoms with E-state index >= 15 is 0 Å². The molecule has 0 amide bonds. The highest BCUT2D eigenvalue weighted by molar-refractivity contribution is 7.11. The third-order valence-corrected chi connectivity index (χ3v) is 3.60. The molecule has 4 heteroatoms. The quantitative estimate of drug-likeness (QED) is 0.867. The lowest BCUT2D eigenvalue weighted by molar-refractivity contribution is -0.131. The van der Waals surface area contributed by atoms with Gasteiger partial charge in [-0.1, -0.05) is 17.7 Å². The van der Waals surface area contributed by atoms with Gasteiger partial charge in [0.25, 0.3) is 0 Å². The molecule has 19 heavy (non-hydrogen) atoms. The maximum Gasteiger partial charge on any atom is 0.328 e. The molecule has 1 aromatic heterocycles. The molecule has 0 aliphatic rings. The Hall–Kier alpha value is -2.07. The number of carbonyl (C=O) groups is 1. The molecule has 0 saturated heterocycles. The van der Waals surface area contributed by atoms with Crippen LogP contribution in [-0.4, -0.2) is 18.2 Å². The Morgan fingerprint density at radius 1 is 1.37 bits per heavy atom. The number of ether oxygens (including phenoxy) is 1. The summed E-state index contributed by atoms with van der Waals surface area (Å²) in [5.41, 5.74) is 2.53. The van der Waals surface area contributed by atoms with Crippen molar-refractivity contribution in [1.29, 1.82) is 0 Å². The Kier molecular flexibility index (Phi) is 4.02. The third-order valence-electron chi connectivity index (χ3n) is 2.70. The first-order chi connectivity index (χ1) is 9.11. The molecule has 0 atom stereocenters. The summed E-state index contributed by atoms with van der Waals surface area (Å²) in [6.07, 6.45) is 1.23. The number of aliphatic carboxylic acids is 1. The smallest absolute Gasteiger partial charge is 0.328 e. The molecule has 0 spiro atoms. The second-order valence-corrected chi connectivity index (χ2v) is 5.02. The SMILES string of the molecule is COc1ccc(C)cc1/C(=C/C(=O)O)c1cccs1. The molecule has 1 N–H and O–H groups in total. The zero-order valence-corrected chi connectivity index (χ0v) is 11.5. The fourth-order valence-electron chi connectivity index (χ4n) is 1.87. The van der Waals surface area contributed by atoms with Crippen molar-refractivity contribution in [3.8, 4) is 5.75 Å². The van der Waals surface area contributed by atoms with Gasteiger partial charge in [0.2, 0.25) is 0 Å². The molecule has 0 bridgehead atoms. The molecule has 0 fully saturated rings. The van der Waals surface area contributed by atoms with E-state index in [-0.39, 0.29) is 0 Å². The minimum absolute atomic E-state index is 0.669. The molecule has 0 radical (unpaired) electrons. The minimum atomic E-state index is -0.966. The predicted molar refractivity (Wildman–Crippen MR) is 76.8 cm³/mol. The van der Waals surface area contributed by atoms with Gasteiger partial charge in [0.1, 0.15) is 5.75 Å². The second-order valence-electron chi connectivity index (χ2n) is 4.08. The molecule has 0 unspecified atom stereocenters. The van der Waals surface area contributed by atoms with Crippen LogP contribution in [-0.2, 0) is 4.79 Å². The summed E-state index contributed by atoms with van der Waals surface area (Å²) in [5, 5.41) is 11.0. The molecule has 1 aromatic carbocycles. The van der Waals surface area contributed by atoms with Crippen LogP contribution in [0.25, 0.3) is 5.57 Å². The molecule has 0 aliphatic heterocycles. The van der Waals surface area contributed by atoms with Gasteiger partial charge in [-0.25, -0.2) is 4.79 Å². The maximum absolute atomic E-state index is 11.1. The molecule has 0 aliphatic carbocycles. The molecule has 2 aromatic rings. The van der Waals surface area contributed by atoms with Gasteiger partial charge < -0.3 is 9.84 Å². The zero-order valence-electron chi connectivity index (χ0n) is 10.7. The summed E-state index contributed by atoms with van der Waals surface area (Å²) in [6.45, 7) is 1.97. The number of hydrogen-bond acceptors (Lipinski definition) is 3. The van der Waals surface area contributed by atoms with E-state index in [1.165, 1.54) is 17.4 Å². The first kappa shape index (κ1) is 13.4. The largest absolute Gasteiger partial charge is 0.496 e. The Labute approximate surface area is 115 Å². The fourth-order valence-corrected chi connectivity index (χ4v) is 2.63. The summed E-state index contributed by atoms with van der Waals surface area (Å²) in [7, 11) is 1.58. The summed E-state index contributed by atoms with van der Waals surface area (Å²) >= 11 is 1.51. The monoisotopic (exact) mass is 274 g/mol. The highest BCUT2D eigenvalue weighted by Gasteiger charge is 2.13. The van der Waals surface area contributed by atoms with Crippen LogP contribution in [0.4, 0.5) is 0 Å². The number of aryl methyl sites for hydroxylation is 1. The predicted octanol–water partition coefficient (Wildman–Crippen LogP) is 3.58. The summed E-state index contributed by atoms with van der Waals surface area (Å²) in [6, 6.07) is 9.54. The highest BCUT2D eigenvalue weighted by atomic mass is 32.1. The van der Waals surface area contributed by atoms with Crippen LogP contribution in [0.3, 0.4) is 0 Å². The number of methoxy groups -OCH3 is 1. The van der Waals surface area contributed by atoms with Gasteiger partial charge in [-0.2, -0.15) is 0 Å². The van der Waals surface area contributed by atoms with E-state index in [2.05, 4.69) is 0 Å². The Bertz CT molecular complexity index is 612. The summed E-state index contributed by atoms with van der Waals surface area (Å²) in [5.74, 6) is -0.293. The average Bonchev–Trinajstić information content (AvgIpc) is 2.89. The lowest BCUT2D eigenvalue weighted by atomic mass is 10.0. The topological polar surface area (TPSA) is 46.5 Å². The number of carboxylic acids is 1. The highest BCUT2D eigenvalue weighted by Crippen LogP contribution is 2.33. The third kappa shape index (κ3) is 3.03. The molecule has 3 nitrogen and oxygen atoms in total. The van der Waals surface area contributed by atoms with Crippen molar-refractivity contribution >= 4 is 22.9 Å². The number of carboxylic acid groups (broad SMARTS) is 1. The van der Waals surface area contributed by atoms with Crippen LogP contribution < -0.4 is 4.74 Å². The van der Waals surface area contributed by atoms with Crippen molar-refractivity contribution in [2.45, 2.75) is 6.92 Å². The first-order valence-electron chi connectivity index (χ1n) is 5.75. The maximum atomic E-state index is 11.1. The van der Waals surface area contributed by atoms with Crippen LogP contribution in [0.2, 0.25) is 0 Å². The van der Waals surface area contributed by atoms with Crippen LogP contribution in [0.1, 0.15) is 16.0 Å². The number of hydrogen-bond donors (Lipinski definition) is 1. The van der Waals surface area contributed by atoms with Gasteiger partial charge >= 0.3 is 5.97 Å². The van der Waals surface area contributed by atoms with E-state index < -0.39 is 5.97 Å². The van der Waals surface area contributed by atoms with E-state index in [1.807, 2.05) is 42.6 Å². The van der Waals surface area contributed by atoms with Crippen molar-refractivity contribution < 1.29 is 14.6 Å². The van der Waals surface area contributed by atoms with Gasteiger partial charge in [0, 0.05) is 22.1 Å². The lowest BCUT2D eigenvalue weighted by Gasteiger charge is -2.11. The Morgan fingerprint density at radius 3 is 2.74 bits per heavy atom. The standard InChI is InChI=1S/C15H14O3S/c1-10-5-6-13(18-2)11(8-10)12(9-15(16)17)14-4-3-7-19-14/h3-9H,1-2H3,(H,16,17)/b12-9-. The summed E-state index contributed by atoms with van der Waals surface area (Å²) in [4.78, 5) is 12.0. The van der Waals surface area contributed by atoms with Gasteiger partial charge in [-0.15, -0.1) is 11.3 Å². The molecular formula is C15H14O3S. The average molecular weight is 274 g/mol. The molecular weight excluding hydrogens is 260 g/mol. The molecule has 0 saturated carbocycles. The summed E-state index contributed by atoms with van der Waals surface area (Å²) < 4.78 is 5.33. The first-order valence-corrected chi connectivity index (χ1v) is 6.63. The lowest BCUT2D eigenvalue weighted by Crippen LogP contribution is -1.97. The molecule has 2 rings (SSSR count). The Morgan fingerprint density at radius 2 is 2.16 bits per heavy atom. The van der Waals surface area contributed by atoms with Crippen molar-refractivity contribution in [2.24, 2.45) is 0 Å². The zero-order chi connectivity index (χ0) is 13.8. The molecule has 1 heterocycles. The molecule has 98 valence electrons. The van der Waals surface area contributed by atoms with Crippen molar-refractivity contribution in [3.63, 3.8) is 0 Å². The van der Waals surface area contributed by atoms with E-state index in [0.717, 1.165) is 16.0 Å². The number of thiophene rings is 1. The van der Waals surface area contributed by atoms with Crippen LogP contribution >= 0.6 is 11.3 Å². The van der Waals surface area contributed by atoms with E-state index in [1.54, 1.807) is 7.11 Å². The van der Waals surface area contributed by atoms with Gasteiger partial charge in [0.15, 0.2) is 0 Å². The van der Waals surface area contributed by atoms with Crippen molar-refractivity contribution in [2.75, 3.05) is 7.11 Å². The van der Waals surface area contributed by atoms with Crippen molar-refractivity contribution in [3.05, 3.63) is 57.8 Å².